The molecule has 0 amide bonds. The molecule has 0 aliphatic carbocycles. The molecule has 0 saturated carbocycles. The van der Waals surface area contributed by atoms with Crippen molar-refractivity contribution in [2.45, 2.75) is 6.42 Å². The fourth-order valence-corrected chi connectivity index (χ4v) is 0.811. The van der Waals surface area contributed by atoms with Crippen molar-refractivity contribution in [2.75, 3.05) is 5.88 Å². The van der Waals surface area contributed by atoms with Crippen LogP contribution in [-0.4, -0.2) is 21.6 Å². The second-order valence-corrected chi connectivity index (χ2v) is 3.32. The van der Waals surface area contributed by atoms with Crippen molar-refractivity contribution < 1.29 is 23.7 Å². The summed E-state index contributed by atoms with van der Waals surface area (Å²) in [6.45, 7) is 0. The lowest BCUT2D eigenvalue weighted by Crippen LogP contribution is -1.97. The van der Waals surface area contributed by atoms with Crippen molar-refractivity contribution in [3.05, 3.63) is 12.2 Å². The first-order chi connectivity index (χ1) is 5.45. The van der Waals surface area contributed by atoms with Gasteiger partial charge in [-0.2, -0.15) is 0 Å². The summed E-state index contributed by atoms with van der Waals surface area (Å²) in [6, 6.07) is 0. The van der Waals surface area contributed by atoms with Gasteiger partial charge in [0.1, 0.15) is 0 Å². The van der Waals surface area contributed by atoms with Crippen LogP contribution in [0.4, 0.5) is 0 Å². The Morgan fingerprint density at radius 1 is 1.58 bits per heavy atom. The topological polar surface area (TPSA) is 83.8 Å². The Morgan fingerprint density at radius 3 is 2.58 bits per heavy atom. The predicted molar refractivity (Wildman–Crippen MR) is 42.6 cm³/mol. The molecule has 12 heavy (non-hydrogen) atoms. The number of carbonyl (C=O) groups excluding carboxylic acids is 1. The van der Waals surface area contributed by atoms with Gasteiger partial charge in [-0.3, -0.25) is 9.79 Å². The smallest absolute Gasteiger partial charge is 0.367 e. The molecule has 0 bridgehead atoms. The van der Waals surface area contributed by atoms with E-state index in [1.807, 2.05) is 0 Å². The minimum absolute atomic E-state index is 0.333. The summed E-state index contributed by atoms with van der Waals surface area (Å²) in [5, 5.41) is 0. The third kappa shape index (κ3) is 7.75. The van der Waals surface area contributed by atoms with Gasteiger partial charge in [0.05, 0.1) is 0 Å². The largest absolute Gasteiger partial charge is 0.527 e. The number of hydrogen-bond acceptors (Lipinski definition) is 3. The molecule has 0 aromatic heterocycles. The van der Waals surface area contributed by atoms with Gasteiger partial charge in [0.25, 0.3) is 0 Å². The van der Waals surface area contributed by atoms with Crippen molar-refractivity contribution in [1.82, 2.24) is 0 Å². The minimum Gasteiger partial charge on any atom is -0.367 e. The summed E-state index contributed by atoms with van der Waals surface area (Å²) in [4.78, 5) is 26.8. The summed E-state index contributed by atoms with van der Waals surface area (Å²) in [7, 11) is -4.70. The number of phosphoric acid groups is 1. The normalized spacial score (nSPS) is 11.9. The van der Waals surface area contributed by atoms with Gasteiger partial charge in [0.15, 0.2) is 0 Å². The van der Waals surface area contributed by atoms with Gasteiger partial charge in [0, 0.05) is 12.0 Å². The van der Waals surface area contributed by atoms with E-state index in [4.69, 9.17) is 21.4 Å². The van der Waals surface area contributed by atoms with E-state index in [-0.39, 0.29) is 0 Å². The molecule has 0 atom stereocenters. The van der Waals surface area contributed by atoms with Gasteiger partial charge >= 0.3 is 13.8 Å². The Bertz CT molecular complexity index is 220. The molecule has 70 valence electrons. The molecule has 5 nitrogen and oxygen atoms in total. The lowest BCUT2D eigenvalue weighted by Gasteiger charge is -2.00. The zero-order valence-corrected chi connectivity index (χ0v) is 7.66. The zero-order chi connectivity index (χ0) is 9.61. The number of allylic oxidation sites excluding steroid dienone is 1. The van der Waals surface area contributed by atoms with Crippen LogP contribution < -0.4 is 0 Å². The summed E-state index contributed by atoms with van der Waals surface area (Å²) >= 11 is 5.26. The second kappa shape index (κ2) is 5.32. The van der Waals surface area contributed by atoms with E-state index < -0.39 is 13.8 Å². The monoisotopic (exact) mass is 214 g/mol. The van der Waals surface area contributed by atoms with Crippen LogP contribution in [0.5, 0.6) is 0 Å². The van der Waals surface area contributed by atoms with E-state index in [0.29, 0.717) is 12.3 Å². The molecule has 7 heteroatoms. The van der Waals surface area contributed by atoms with E-state index in [9.17, 15) is 9.36 Å². The number of carbonyl (C=O) groups is 1. The molecular weight excluding hydrogens is 206 g/mol. The SMILES string of the molecule is O=C(C=CCCCl)OP(=O)(O)O. The number of halogens is 1. The van der Waals surface area contributed by atoms with Gasteiger partial charge in [-0.05, 0) is 6.42 Å². The quantitative estimate of drug-likeness (QED) is 0.411. The predicted octanol–water partition coefficient (Wildman–Crippen LogP) is 0.807. The second-order valence-electron chi connectivity index (χ2n) is 1.78. The molecule has 0 aliphatic rings. The van der Waals surface area contributed by atoms with Crippen LogP contribution >= 0.6 is 19.4 Å². The maximum Gasteiger partial charge on any atom is 0.527 e. The molecule has 0 aromatic rings. The lowest BCUT2D eigenvalue weighted by atomic mass is 10.4. The Balaban J connectivity index is 3.83. The van der Waals surface area contributed by atoms with Gasteiger partial charge in [-0.15, -0.1) is 11.6 Å². The van der Waals surface area contributed by atoms with Crippen LogP contribution in [0.3, 0.4) is 0 Å². The van der Waals surface area contributed by atoms with Crippen molar-refractivity contribution >= 4 is 25.4 Å². The van der Waals surface area contributed by atoms with Gasteiger partial charge in [-0.1, -0.05) is 6.08 Å². The Labute approximate surface area is 74.2 Å². The van der Waals surface area contributed by atoms with Crippen LogP contribution in [0.25, 0.3) is 0 Å². The summed E-state index contributed by atoms with van der Waals surface area (Å²) in [5.41, 5.74) is 0. The number of rotatable bonds is 4. The average Bonchev–Trinajstić information content (AvgIpc) is 1.84. The summed E-state index contributed by atoms with van der Waals surface area (Å²) in [6.07, 6.45) is 2.73. The first-order valence-corrected chi connectivity index (χ1v) is 5.04. The molecule has 0 spiro atoms. The van der Waals surface area contributed by atoms with E-state index in [2.05, 4.69) is 4.52 Å². The first-order valence-electron chi connectivity index (χ1n) is 2.97. The van der Waals surface area contributed by atoms with E-state index in [1.165, 1.54) is 6.08 Å². The molecule has 0 rings (SSSR count). The van der Waals surface area contributed by atoms with Gasteiger partial charge in [0.2, 0.25) is 0 Å². The Kier molecular flexibility index (Phi) is 5.17. The molecule has 2 N–H and O–H groups in total. The van der Waals surface area contributed by atoms with Crippen molar-refractivity contribution in [3.8, 4) is 0 Å². The van der Waals surface area contributed by atoms with Crippen LogP contribution in [0.2, 0.25) is 0 Å². The van der Waals surface area contributed by atoms with Crippen molar-refractivity contribution in [2.24, 2.45) is 0 Å². The van der Waals surface area contributed by atoms with E-state index >= 15 is 0 Å². The zero-order valence-electron chi connectivity index (χ0n) is 6.01. The molecular formula is C5H8ClO5P. The Morgan fingerprint density at radius 2 is 2.17 bits per heavy atom. The lowest BCUT2D eigenvalue weighted by molar-refractivity contribution is -0.130. The highest BCUT2D eigenvalue weighted by Crippen LogP contribution is 2.35. The third-order valence-electron chi connectivity index (χ3n) is 0.739. The standard InChI is InChI=1S/C5H8ClO5P/c6-4-2-1-3-5(7)11-12(8,9)10/h1,3H,2,4H2,(H2,8,9,10). The summed E-state index contributed by atoms with van der Waals surface area (Å²) < 4.78 is 13.7. The van der Waals surface area contributed by atoms with Crippen LogP contribution in [0.1, 0.15) is 6.42 Å². The number of hydrogen-bond donors (Lipinski definition) is 2. The van der Waals surface area contributed by atoms with Crippen LogP contribution in [-0.2, 0) is 13.9 Å². The maximum absolute atomic E-state index is 10.5. The van der Waals surface area contributed by atoms with Crippen molar-refractivity contribution in [3.63, 3.8) is 0 Å². The molecule has 0 unspecified atom stereocenters. The van der Waals surface area contributed by atoms with Crippen LogP contribution in [0, 0.1) is 0 Å². The molecule has 0 fully saturated rings. The molecule has 0 aliphatic heterocycles. The average molecular weight is 215 g/mol. The fourth-order valence-electron chi connectivity index (χ4n) is 0.390. The Hall–Kier alpha value is -0.350. The highest BCUT2D eigenvalue weighted by atomic mass is 35.5. The van der Waals surface area contributed by atoms with E-state index in [1.54, 1.807) is 0 Å². The number of phosphoric ester groups is 1. The fraction of sp³-hybridized carbons (Fsp3) is 0.400. The third-order valence-corrected chi connectivity index (χ3v) is 1.37. The molecule has 0 saturated heterocycles. The van der Waals surface area contributed by atoms with Gasteiger partial charge < -0.3 is 4.52 Å². The van der Waals surface area contributed by atoms with Crippen LogP contribution in [0.15, 0.2) is 12.2 Å². The summed E-state index contributed by atoms with van der Waals surface area (Å²) in [5.74, 6) is -0.742. The molecule has 0 radical (unpaired) electrons. The molecule has 0 heterocycles. The number of alkyl halides is 1. The minimum atomic E-state index is -4.70. The van der Waals surface area contributed by atoms with Crippen molar-refractivity contribution in [1.29, 1.82) is 0 Å². The van der Waals surface area contributed by atoms with E-state index in [0.717, 1.165) is 6.08 Å². The first kappa shape index (κ1) is 11.6. The highest BCUT2D eigenvalue weighted by molar-refractivity contribution is 7.46. The van der Waals surface area contributed by atoms with Gasteiger partial charge in [-0.25, -0.2) is 9.36 Å². The molecule has 0 aromatic carbocycles. The highest BCUT2D eigenvalue weighted by Gasteiger charge is 2.17. The maximum atomic E-state index is 10.5.